The molecule has 2 aromatic carbocycles. The van der Waals surface area contributed by atoms with Gasteiger partial charge in [0, 0.05) is 25.1 Å². The lowest BCUT2D eigenvalue weighted by atomic mass is 10.2. The fourth-order valence-corrected chi connectivity index (χ4v) is 2.37. The standard InChI is InChI=1S/C19H24N2O5/c1-23-13-5-7-15(17(11-13)25-3)20-10-9-19(22)21-16-8-6-14(24-2)12-18(16)26-4/h5-8,11-12,20H,9-10H2,1-4H3,(H,21,22). The highest BCUT2D eigenvalue weighted by Crippen LogP contribution is 2.30. The molecule has 0 saturated carbocycles. The number of nitrogens with one attached hydrogen (secondary N) is 2. The van der Waals surface area contributed by atoms with Crippen molar-refractivity contribution in [2.24, 2.45) is 0 Å². The molecule has 2 rings (SSSR count). The summed E-state index contributed by atoms with van der Waals surface area (Å²) in [5.41, 5.74) is 1.39. The van der Waals surface area contributed by atoms with Gasteiger partial charge < -0.3 is 29.6 Å². The van der Waals surface area contributed by atoms with Gasteiger partial charge in [-0.15, -0.1) is 0 Å². The summed E-state index contributed by atoms with van der Waals surface area (Å²) >= 11 is 0. The van der Waals surface area contributed by atoms with Crippen molar-refractivity contribution in [1.82, 2.24) is 0 Å². The number of anilines is 2. The van der Waals surface area contributed by atoms with Crippen LogP contribution in [0, 0.1) is 0 Å². The highest BCUT2D eigenvalue weighted by Gasteiger charge is 2.10. The van der Waals surface area contributed by atoms with E-state index >= 15 is 0 Å². The van der Waals surface area contributed by atoms with Crippen LogP contribution in [0.3, 0.4) is 0 Å². The predicted octanol–water partition coefficient (Wildman–Crippen LogP) is 3.16. The zero-order valence-corrected chi connectivity index (χ0v) is 15.4. The number of carbonyl (C=O) groups excluding carboxylic acids is 1. The largest absolute Gasteiger partial charge is 0.497 e. The molecule has 0 fully saturated rings. The first-order valence-corrected chi connectivity index (χ1v) is 8.09. The lowest BCUT2D eigenvalue weighted by molar-refractivity contribution is -0.116. The van der Waals surface area contributed by atoms with Gasteiger partial charge in [0.05, 0.1) is 39.8 Å². The summed E-state index contributed by atoms with van der Waals surface area (Å²) in [4.78, 5) is 12.2. The molecular weight excluding hydrogens is 336 g/mol. The van der Waals surface area contributed by atoms with Crippen LogP contribution in [-0.2, 0) is 4.79 Å². The Morgan fingerprint density at radius 3 is 1.88 bits per heavy atom. The fourth-order valence-electron chi connectivity index (χ4n) is 2.37. The number of benzene rings is 2. The first kappa shape index (κ1) is 19.2. The van der Waals surface area contributed by atoms with Crippen molar-refractivity contribution in [1.29, 1.82) is 0 Å². The normalized spacial score (nSPS) is 10.0. The summed E-state index contributed by atoms with van der Waals surface area (Å²) in [6.45, 7) is 0.451. The van der Waals surface area contributed by atoms with E-state index in [1.165, 1.54) is 0 Å². The molecule has 0 radical (unpaired) electrons. The second kappa shape index (κ2) is 9.41. The molecular formula is C19H24N2O5. The summed E-state index contributed by atoms with van der Waals surface area (Å²) < 4.78 is 20.9. The maximum absolute atomic E-state index is 12.2. The third-order valence-electron chi connectivity index (χ3n) is 3.76. The van der Waals surface area contributed by atoms with Crippen molar-refractivity contribution in [2.45, 2.75) is 6.42 Å². The Balaban J connectivity index is 1.92. The van der Waals surface area contributed by atoms with Crippen LogP contribution in [0.5, 0.6) is 23.0 Å². The molecule has 0 bridgehead atoms. The topological polar surface area (TPSA) is 78.1 Å². The van der Waals surface area contributed by atoms with Gasteiger partial charge in [0.25, 0.3) is 0 Å². The summed E-state index contributed by atoms with van der Waals surface area (Å²) in [6.07, 6.45) is 0.282. The second-order valence-electron chi connectivity index (χ2n) is 5.36. The first-order valence-electron chi connectivity index (χ1n) is 8.09. The van der Waals surface area contributed by atoms with Crippen molar-refractivity contribution in [3.63, 3.8) is 0 Å². The van der Waals surface area contributed by atoms with Gasteiger partial charge in [0.2, 0.25) is 5.91 Å². The van der Waals surface area contributed by atoms with Crippen LogP contribution in [-0.4, -0.2) is 40.9 Å². The second-order valence-corrected chi connectivity index (χ2v) is 5.36. The van der Waals surface area contributed by atoms with Gasteiger partial charge in [0.15, 0.2) is 0 Å². The van der Waals surface area contributed by atoms with Crippen LogP contribution in [0.4, 0.5) is 11.4 Å². The average molecular weight is 360 g/mol. The lowest BCUT2D eigenvalue weighted by Crippen LogP contribution is -2.17. The van der Waals surface area contributed by atoms with Crippen molar-refractivity contribution >= 4 is 17.3 Å². The van der Waals surface area contributed by atoms with E-state index in [2.05, 4.69) is 10.6 Å². The van der Waals surface area contributed by atoms with Crippen molar-refractivity contribution in [2.75, 3.05) is 45.6 Å². The Kier molecular flexibility index (Phi) is 6.96. The van der Waals surface area contributed by atoms with Crippen LogP contribution in [0.2, 0.25) is 0 Å². The number of hydrogen-bond donors (Lipinski definition) is 2. The van der Waals surface area contributed by atoms with E-state index in [1.54, 1.807) is 52.7 Å². The molecule has 0 unspecified atom stereocenters. The predicted molar refractivity (Wildman–Crippen MR) is 101 cm³/mol. The Hall–Kier alpha value is -3.09. The van der Waals surface area contributed by atoms with Crippen LogP contribution in [0.1, 0.15) is 6.42 Å². The highest BCUT2D eigenvalue weighted by atomic mass is 16.5. The van der Waals surface area contributed by atoms with Gasteiger partial charge in [-0.2, -0.15) is 0 Å². The first-order chi connectivity index (χ1) is 12.6. The van der Waals surface area contributed by atoms with E-state index in [0.717, 1.165) is 5.69 Å². The summed E-state index contributed by atoms with van der Waals surface area (Å²) in [7, 11) is 6.30. The number of ether oxygens (including phenoxy) is 4. The molecule has 0 spiro atoms. The number of amides is 1. The quantitative estimate of drug-likeness (QED) is 0.715. The minimum absolute atomic E-state index is 0.131. The Morgan fingerprint density at radius 2 is 1.35 bits per heavy atom. The maximum atomic E-state index is 12.2. The van der Waals surface area contributed by atoms with Gasteiger partial charge in [-0.25, -0.2) is 0 Å². The fraction of sp³-hybridized carbons (Fsp3) is 0.316. The van der Waals surface area contributed by atoms with Gasteiger partial charge in [-0.05, 0) is 24.3 Å². The van der Waals surface area contributed by atoms with Gasteiger partial charge >= 0.3 is 0 Å². The van der Waals surface area contributed by atoms with E-state index in [-0.39, 0.29) is 12.3 Å². The monoisotopic (exact) mass is 360 g/mol. The van der Waals surface area contributed by atoms with E-state index in [1.807, 2.05) is 12.1 Å². The molecule has 7 heteroatoms. The van der Waals surface area contributed by atoms with E-state index < -0.39 is 0 Å². The van der Waals surface area contributed by atoms with Gasteiger partial charge in [-0.1, -0.05) is 0 Å². The van der Waals surface area contributed by atoms with Gasteiger partial charge in [-0.3, -0.25) is 4.79 Å². The minimum atomic E-state index is -0.131. The Morgan fingerprint density at radius 1 is 0.808 bits per heavy atom. The number of rotatable bonds is 9. The molecule has 0 aromatic heterocycles. The molecule has 7 nitrogen and oxygen atoms in total. The molecule has 0 aliphatic rings. The summed E-state index contributed by atoms with van der Waals surface area (Å²) in [5, 5.41) is 6.02. The molecule has 26 heavy (non-hydrogen) atoms. The maximum Gasteiger partial charge on any atom is 0.226 e. The molecule has 140 valence electrons. The van der Waals surface area contributed by atoms with E-state index in [9.17, 15) is 4.79 Å². The molecule has 0 heterocycles. The van der Waals surface area contributed by atoms with Crippen LogP contribution in [0.15, 0.2) is 36.4 Å². The summed E-state index contributed by atoms with van der Waals surface area (Å²) in [5.74, 6) is 2.43. The number of methoxy groups -OCH3 is 4. The SMILES string of the molecule is COc1ccc(NCCC(=O)Nc2ccc(OC)cc2OC)c(OC)c1. The minimum Gasteiger partial charge on any atom is -0.497 e. The van der Waals surface area contributed by atoms with Gasteiger partial charge in [0.1, 0.15) is 23.0 Å². The third-order valence-corrected chi connectivity index (χ3v) is 3.76. The molecule has 0 saturated heterocycles. The molecule has 2 N–H and O–H groups in total. The zero-order valence-electron chi connectivity index (χ0n) is 15.4. The van der Waals surface area contributed by atoms with Crippen LogP contribution >= 0.6 is 0 Å². The Bertz CT molecular complexity index is 749. The number of carbonyl (C=O) groups is 1. The summed E-state index contributed by atoms with van der Waals surface area (Å²) in [6, 6.07) is 10.7. The molecule has 0 aliphatic carbocycles. The Labute approximate surface area is 153 Å². The zero-order chi connectivity index (χ0) is 18.9. The van der Waals surface area contributed by atoms with Crippen molar-refractivity contribution < 1.29 is 23.7 Å². The van der Waals surface area contributed by atoms with E-state index in [4.69, 9.17) is 18.9 Å². The van der Waals surface area contributed by atoms with Crippen molar-refractivity contribution in [3.05, 3.63) is 36.4 Å². The van der Waals surface area contributed by atoms with Crippen LogP contribution in [0.25, 0.3) is 0 Å². The van der Waals surface area contributed by atoms with Crippen LogP contribution < -0.4 is 29.6 Å². The smallest absolute Gasteiger partial charge is 0.226 e. The van der Waals surface area contributed by atoms with Crippen molar-refractivity contribution in [3.8, 4) is 23.0 Å². The lowest BCUT2D eigenvalue weighted by Gasteiger charge is -2.13. The molecule has 0 atom stereocenters. The molecule has 1 amide bonds. The highest BCUT2D eigenvalue weighted by molar-refractivity contribution is 5.92. The third kappa shape index (κ3) is 4.95. The van der Waals surface area contributed by atoms with E-state index in [0.29, 0.717) is 35.2 Å². The molecule has 2 aromatic rings. The molecule has 0 aliphatic heterocycles. The number of hydrogen-bond acceptors (Lipinski definition) is 6. The average Bonchev–Trinajstić information content (AvgIpc) is 2.68.